The molecule has 2 aliphatic heterocycles. The molecule has 71 heavy (non-hydrogen) atoms. The molecule has 3 rings (SSSR count). The summed E-state index contributed by atoms with van der Waals surface area (Å²) in [6, 6.07) is -3.93. The van der Waals surface area contributed by atoms with Crippen LogP contribution in [0.5, 0.6) is 0 Å². The summed E-state index contributed by atoms with van der Waals surface area (Å²) in [5.41, 5.74) is 17.8. The highest BCUT2D eigenvalue weighted by Crippen LogP contribution is 2.24. The van der Waals surface area contributed by atoms with Gasteiger partial charge in [0.2, 0.25) is 47.3 Å². The fourth-order valence-electron chi connectivity index (χ4n) is 7.37. The van der Waals surface area contributed by atoms with Crippen LogP contribution in [0.25, 0.3) is 0 Å². The highest BCUT2D eigenvalue weighted by Gasteiger charge is 2.41. The number of carbonyl (C=O) groups is 9. The van der Waals surface area contributed by atoms with E-state index in [1.54, 1.807) is 32.2 Å². The minimum atomic E-state index is -1.72. The third-order valence-corrected chi connectivity index (χ3v) is 14.4. The monoisotopic (exact) mass is 1050 g/mol. The van der Waals surface area contributed by atoms with Gasteiger partial charge in [-0.05, 0) is 81.6 Å². The van der Waals surface area contributed by atoms with Crippen LogP contribution in [0.4, 0.5) is 0 Å². The zero-order valence-electron chi connectivity index (χ0n) is 40.3. The summed E-state index contributed by atoms with van der Waals surface area (Å²) < 4.78 is 0. The number of carboxylic acid groups (broad SMARTS) is 1. The number of aliphatic hydroxyl groups is 1. The Bertz CT molecular complexity index is 2140. The number of nitrogens with zero attached hydrogens (tertiary/aromatic N) is 3. The zero-order valence-corrected chi connectivity index (χ0v) is 42.8. The number of hydrogen-bond acceptors (Lipinski definition) is 16. The predicted octanol–water partition coefficient (Wildman–Crippen LogP) is -2.84. The Hall–Kier alpha value is -5.82. The van der Waals surface area contributed by atoms with Gasteiger partial charge in [0.15, 0.2) is 5.96 Å². The Morgan fingerprint density at radius 1 is 0.845 bits per heavy atom. The Morgan fingerprint density at radius 3 is 2.10 bits per heavy atom. The minimum Gasteiger partial charge on any atom is -0.480 e. The number of fused-ring (bicyclic) bond motifs is 1. The van der Waals surface area contributed by atoms with Crippen molar-refractivity contribution >= 4 is 92.5 Å². The molecule has 2 fully saturated rings. The maximum absolute atomic E-state index is 14.3. The zero-order chi connectivity index (χ0) is 52.9. The molecule has 0 radical (unpaired) electrons. The first-order valence-electron chi connectivity index (χ1n) is 23.0. The first-order valence-corrected chi connectivity index (χ1v) is 26.8. The quantitative estimate of drug-likeness (QED) is 0.0434. The Kier molecular flexibility index (Phi) is 24.7. The summed E-state index contributed by atoms with van der Waals surface area (Å²) in [4.78, 5) is 129. The molecule has 10 atom stereocenters. The Labute approximate surface area is 424 Å². The fourth-order valence-corrected chi connectivity index (χ4v) is 10.1. The van der Waals surface area contributed by atoms with Crippen LogP contribution >= 0.6 is 33.3 Å². The van der Waals surface area contributed by atoms with Crippen LogP contribution in [0.3, 0.4) is 0 Å². The van der Waals surface area contributed by atoms with Crippen LogP contribution in [0.1, 0.15) is 70.9 Å². The molecule has 24 nitrogen and oxygen atoms in total. The number of aliphatic imine (C=N–C) groups is 1. The van der Waals surface area contributed by atoms with Crippen molar-refractivity contribution in [1.82, 2.24) is 42.1 Å². The van der Waals surface area contributed by atoms with E-state index < -0.39 is 120 Å². The molecule has 2 saturated heterocycles. The van der Waals surface area contributed by atoms with Gasteiger partial charge in [-0.2, -0.15) is 17.0 Å². The topological polar surface area (TPSA) is 396 Å². The lowest BCUT2D eigenvalue weighted by Gasteiger charge is -2.32. The van der Waals surface area contributed by atoms with E-state index in [1.165, 1.54) is 42.6 Å². The number of nitrogens with two attached hydrogens (primary N) is 3. The molecule has 2 heterocycles. The van der Waals surface area contributed by atoms with Gasteiger partial charge in [-0.3, -0.25) is 43.3 Å². The molecule has 2 aliphatic rings. The van der Waals surface area contributed by atoms with E-state index in [0.717, 1.165) is 21.6 Å². The highest BCUT2D eigenvalue weighted by atomic mass is 33.1. The molecule has 0 spiro atoms. The summed E-state index contributed by atoms with van der Waals surface area (Å²) in [7, 11) is 2.05. The molecule has 0 aromatic heterocycles. The molecule has 15 N–H and O–H groups in total. The molecular weight excluding hydrogens is 983 g/mol. The normalized spacial score (nSPS) is 26.8. The lowest BCUT2D eigenvalue weighted by molar-refractivity contribution is -0.143. The minimum absolute atomic E-state index is 0.0222. The van der Waals surface area contributed by atoms with Crippen molar-refractivity contribution in [3.8, 4) is 6.07 Å². The first kappa shape index (κ1) is 59.5. The fraction of sp³-hybridized carbons (Fsp3) is 0.614. The second kappa shape index (κ2) is 29.5. The van der Waals surface area contributed by atoms with Crippen LogP contribution in [0.2, 0.25) is 0 Å². The van der Waals surface area contributed by atoms with Crippen molar-refractivity contribution in [2.45, 2.75) is 127 Å². The Balaban J connectivity index is 2.09. The molecule has 1 aromatic rings. The van der Waals surface area contributed by atoms with E-state index in [-0.39, 0.29) is 68.2 Å². The second-order valence-electron chi connectivity index (χ2n) is 17.4. The summed E-state index contributed by atoms with van der Waals surface area (Å²) in [5.74, 6) is -8.48. The Morgan fingerprint density at radius 2 is 1.46 bits per heavy atom. The lowest BCUT2D eigenvalue weighted by Crippen LogP contribution is -2.62. The second-order valence-corrected chi connectivity index (χ2v) is 20.9. The number of carbonyl (C=O) groups excluding carboxylic acids is 8. The number of thioether (sulfide) groups is 1. The van der Waals surface area contributed by atoms with Gasteiger partial charge in [0, 0.05) is 31.0 Å². The molecule has 27 heteroatoms. The average Bonchev–Trinajstić information content (AvgIpc) is 3.82. The van der Waals surface area contributed by atoms with E-state index in [2.05, 4.69) is 42.2 Å². The molecule has 0 saturated carbocycles. The van der Waals surface area contributed by atoms with E-state index in [9.17, 15) is 58.6 Å². The molecule has 0 unspecified atom stereocenters. The lowest BCUT2D eigenvalue weighted by atomic mass is 10.0. The van der Waals surface area contributed by atoms with Crippen molar-refractivity contribution in [3.63, 3.8) is 0 Å². The summed E-state index contributed by atoms with van der Waals surface area (Å²) in [5, 5.41) is 48.4. The summed E-state index contributed by atoms with van der Waals surface area (Å²) in [6.07, 6.45) is 0.671. The first-order chi connectivity index (χ1) is 33.6. The van der Waals surface area contributed by atoms with Gasteiger partial charge in [0.1, 0.15) is 48.3 Å². The van der Waals surface area contributed by atoms with Gasteiger partial charge >= 0.3 is 5.97 Å². The van der Waals surface area contributed by atoms with Gasteiger partial charge in [-0.15, -0.1) is 0 Å². The van der Waals surface area contributed by atoms with Crippen LogP contribution in [0, 0.1) is 17.2 Å². The summed E-state index contributed by atoms with van der Waals surface area (Å²) in [6.45, 7) is 6.11. The van der Waals surface area contributed by atoms with Crippen LogP contribution in [-0.4, -0.2) is 171 Å². The third-order valence-electron chi connectivity index (χ3n) is 11.4. The number of aliphatic hydroxyl groups excluding tert-OH is 1. The van der Waals surface area contributed by atoms with Crippen molar-refractivity contribution in [1.29, 1.82) is 5.26 Å². The van der Waals surface area contributed by atoms with Gasteiger partial charge in [-0.1, -0.05) is 47.6 Å². The molecule has 1 aromatic carbocycles. The number of nitriles is 1. The molecular formula is C44H67N13O11S3. The SMILES string of the molecule is CSCC[C@@H]1NC(=O)[C@@H]2CCCN2C(=O)[C@H](C(C)C)NC(=O)[C@@H](N)CSSC[C@@H](C(=O)O)NC(=O)[C@H](C)NC(=O)[C@H](CCCN=C(N)N)NC(=O)[C@H](Cc2cccc(C#N)c2)NC(=O)[C@H]([C@@H](C)O)NC1=O. The number of rotatable bonds is 12. The largest absolute Gasteiger partial charge is 0.480 e. The van der Waals surface area contributed by atoms with Crippen LogP contribution in [0.15, 0.2) is 29.3 Å². The van der Waals surface area contributed by atoms with E-state index in [4.69, 9.17) is 17.2 Å². The number of aliphatic carboxylic acids is 1. The van der Waals surface area contributed by atoms with Crippen molar-refractivity contribution in [2.75, 3.05) is 36.6 Å². The summed E-state index contributed by atoms with van der Waals surface area (Å²) >= 11 is 1.37. The van der Waals surface area contributed by atoms with Crippen molar-refractivity contribution in [2.24, 2.45) is 28.1 Å². The van der Waals surface area contributed by atoms with E-state index in [1.807, 2.05) is 6.07 Å². The van der Waals surface area contributed by atoms with Gasteiger partial charge < -0.3 is 69.5 Å². The number of amides is 8. The van der Waals surface area contributed by atoms with Gasteiger partial charge in [-0.25, -0.2) is 4.79 Å². The van der Waals surface area contributed by atoms with E-state index in [0.29, 0.717) is 17.7 Å². The van der Waals surface area contributed by atoms with Gasteiger partial charge in [0.05, 0.1) is 23.8 Å². The number of carboxylic acids is 1. The average molecular weight is 1050 g/mol. The maximum Gasteiger partial charge on any atom is 0.327 e. The standard InChI is InChI=1S/C44H67N13O11S3/c1-22(2)33-42(66)57-15-8-12-32(57)40(64)52-29(13-16-69-5)38(62)56-34(24(4)58)41(65)53-30(18-25-9-6-10-26(17-25)19-45)39(63)51-28(11-7-14-49-44(47)48)37(61)50-23(3)35(59)54-31(43(67)68)21-71-70-20-27(46)36(60)55-33/h6,9-10,17,22-24,27-34,58H,7-8,11-16,18,20-21,46H2,1-5H3,(H,50,61)(H,51,63)(H,52,64)(H,53,65)(H,54,59)(H,55,60)(H,56,62)(H,67,68)(H4,47,48,49)/t23-,24+,27-,28-,29-,30-,31-,32-,33-,34-/m0/s1. The molecule has 392 valence electrons. The molecule has 8 amide bonds. The van der Waals surface area contributed by atoms with Crippen molar-refractivity contribution < 1.29 is 53.4 Å². The predicted molar refractivity (Wildman–Crippen MR) is 269 cm³/mol. The number of hydrogen-bond donors (Lipinski definition) is 12. The smallest absolute Gasteiger partial charge is 0.327 e. The van der Waals surface area contributed by atoms with Crippen molar-refractivity contribution in [3.05, 3.63) is 35.4 Å². The van der Waals surface area contributed by atoms with Crippen LogP contribution in [-0.2, 0) is 49.6 Å². The number of nitrogens with one attached hydrogen (secondary N) is 7. The third kappa shape index (κ3) is 19.0. The number of guanidine groups is 1. The van der Waals surface area contributed by atoms with E-state index >= 15 is 0 Å². The number of benzene rings is 1. The molecule has 0 aliphatic carbocycles. The highest BCUT2D eigenvalue weighted by molar-refractivity contribution is 8.76. The van der Waals surface area contributed by atoms with Crippen LogP contribution < -0.4 is 54.4 Å². The van der Waals surface area contributed by atoms with Gasteiger partial charge in [0.25, 0.3) is 0 Å². The molecule has 0 bridgehead atoms. The maximum atomic E-state index is 14.3.